The van der Waals surface area contributed by atoms with E-state index in [0.717, 1.165) is 5.56 Å². The van der Waals surface area contributed by atoms with E-state index < -0.39 is 9.84 Å². The minimum atomic E-state index is -3.06. The summed E-state index contributed by atoms with van der Waals surface area (Å²) < 4.78 is 24.0. The van der Waals surface area contributed by atoms with Crippen molar-refractivity contribution in [1.29, 1.82) is 0 Å². The van der Waals surface area contributed by atoms with Gasteiger partial charge in [-0.25, -0.2) is 8.42 Å². The van der Waals surface area contributed by atoms with Gasteiger partial charge >= 0.3 is 0 Å². The highest BCUT2D eigenvalue weighted by Gasteiger charge is 2.35. The van der Waals surface area contributed by atoms with Gasteiger partial charge in [0.1, 0.15) is 0 Å². The molecule has 0 spiro atoms. The number of nitrogens with one attached hydrogen (secondary N) is 1. The Balaban J connectivity index is 1.88. The molecule has 1 aromatic carbocycles. The van der Waals surface area contributed by atoms with Crippen molar-refractivity contribution in [2.75, 3.05) is 5.75 Å². The lowest BCUT2D eigenvalue weighted by atomic mass is 10.1. The SMILES string of the molecule is O=S1(=O)CC(NC2CCCC2)c2ccccc21. The third-order valence-corrected chi connectivity index (χ3v) is 5.62. The molecule has 1 heterocycles. The van der Waals surface area contributed by atoms with E-state index in [1.54, 1.807) is 12.1 Å². The maximum atomic E-state index is 12.0. The number of sulfone groups is 1. The molecule has 1 aliphatic heterocycles. The van der Waals surface area contributed by atoms with E-state index in [0.29, 0.717) is 10.9 Å². The molecule has 1 aromatic rings. The average Bonchev–Trinajstić information content (AvgIpc) is 2.88. The molecule has 0 amide bonds. The monoisotopic (exact) mass is 251 g/mol. The van der Waals surface area contributed by atoms with Gasteiger partial charge in [-0.05, 0) is 24.5 Å². The van der Waals surface area contributed by atoms with Crippen LogP contribution in [0.25, 0.3) is 0 Å². The standard InChI is InChI=1S/C13H17NO2S/c15-17(16)9-12(14-10-5-1-2-6-10)11-7-3-4-8-13(11)17/h3-4,7-8,10,12,14H,1-2,5-6,9H2. The summed E-state index contributed by atoms with van der Waals surface area (Å²) >= 11 is 0. The second-order valence-electron chi connectivity index (χ2n) is 5.02. The van der Waals surface area contributed by atoms with E-state index in [1.807, 2.05) is 12.1 Å². The molecule has 92 valence electrons. The van der Waals surface area contributed by atoms with E-state index in [-0.39, 0.29) is 11.8 Å². The molecule has 1 aliphatic carbocycles. The Morgan fingerprint density at radius 3 is 2.59 bits per heavy atom. The van der Waals surface area contributed by atoms with Crippen LogP contribution in [0.5, 0.6) is 0 Å². The Hall–Kier alpha value is -0.870. The summed E-state index contributed by atoms with van der Waals surface area (Å²) in [6.07, 6.45) is 4.88. The van der Waals surface area contributed by atoms with Crippen LogP contribution >= 0.6 is 0 Å². The van der Waals surface area contributed by atoms with Crippen molar-refractivity contribution in [1.82, 2.24) is 5.32 Å². The summed E-state index contributed by atoms with van der Waals surface area (Å²) in [6, 6.07) is 7.88. The molecule has 0 saturated heterocycles. The van der Waals surface area contributed by atoms with Crippen LogP contribution in [-0.4, -0.2) is 20.2 Å². The Morgan fingerprint density at radius 1 is 1.12 bits per heavy atom. The van der Waals surface area contributed by atoms with Crippen molar-refractivity contribution in [3.63, 3.8) is 0 Å². The van der Waals surface area contributed by atoms with E-state index in [2.05, 4.69) is 5.32 Å². The first-order valence-electron chi connectivity index (χ1n) is 6.24. The molecule has 4 heteroatoms. The highest BCUT2D eigenvalue weighted by molar-refractivity contribution is 7.91. The van der Waals surface area contributed by atoms with Crippen LogP contribution in [-0.2, 0) is 9.84 Å². The lowest BCUT2D eigenvalue weighted by Gasteiger charge is -2.18. The second kappa shape index (κ2) is 4.10. The van der Waals surface area contributed by atoms with Crippen molar-refractivity contribution in [2.45, 2.75) is 42.7 Å². The van der Waals surface area contributed by atoms with Crippen LogP contribution in [0.1, 0.15) is 37.3 Å². The molecule has 1 N–H and O–H groups in total. The van der Waals surface area contributed by atoms with Gasteiger partial charge in [0.2, 0.25) is 0 Å². The molecule has 1 saturated carbocycles. The molecule has 3 rings (SSSR count). The molecule has 1 unspecified atom stereocenters. The van der Waals surface area contributed by atoms with Crippen LogP contribution in [0.15, 0.2) is 29.2 Å². The fraction of sp³-hybridized carbons (Fsp3) is 0.538. The van der Waals surface area contributed by atoms with Gasteiger partial charge in [0.25, 0.3) is 0 Å². The fourth-order valence-corrected chi connectivity index (χ4v) is 4.71. The first-order chi connectivity index (χ1) is 8.17. The van der Waals surface area contributed by atoms with Crippen molar-refractivity contribution in [3.05, 3.63) is 29.8 Å². The van der Waals surface area contributed by atoms with Gasteiger partial charge in [-0.2, -0.15) is 0 Å². The zero-order valence-corrected chi connectivity index (χ0v) is 10.5. The normalized spacial score (nSPS) is 27.2. The van der Waals surface area contributed by atoms with Gasteiger partial charge in [-0.3, -0.25) is 0 Å². The van der Waals surface area contributed by atoms with Crippen molar-refractivity contribution in [3.8, 4) is 0 Å². The summed E-state index contributed by atoms with van der Waals surface area (Å²) in [5, 5.41) is 3.51. The van der Waals surface area contributed by atoms with Crippen molar-refractivity contribution < 1.29 is 8.42 Å². The summed E-state index contributed by atoms with van der Waals surface area (Å²) in [5.74, 6) is 0.225. The van der Waals surface area contributed by atoms with Gasteiger partial charge in [-0.1, -0.05) is 31.0 Å². The van der Waals surface area contributed by atoms with Crippen LogP contribution in [0.3, 0.4) is 0 Å². The third-order valence-electron chi connectivity index (χ3n) is 3.81. The molecular weight excluding hydrogens is 234 g/mol. The molecular formula is C13H17NO2S. The van der Waals surface area contributed by atoms with Gasteiger partial charge in [0, 0.05) is 12.1 Å². The average molecular weight is 251 g/mol. The zero-order chi connectivity index (χ0) is 11.9. The second-order valence-corrected chi connectivity index (χ2v) is 7.02. The van der Waals surface area contributed by atoms with E-state index in [1.165, 1.54) is 25.7 Å². The lowest BCUT2D eigenvalue weighted by Crippen LogP contribution is -2.31. The van der Waals surface area contributed by atoms with Crippen molar-refractivity contribution in [2.24, 2.45) is 0 Å². The van der Waals surface area contributed by atoms with Gasteiger partial charge in [0.05, 0.1) is 10.6 Å². The number of fused-ring (bicyclic) bond motifs is 1. The zero-order valence-electron chi connectivity index (χ0n) is 9.72. The number of benzene rings is 1. The van der Waals surface area contributed by atoms with Crippen molar-refractivity contribution >= 4 is 9.84 Å². The number of hydrogen-bond donors (Lipinski definition) is 1. The molecule has 0 bridgehead atoms. The van der Waals surface area contributed by atoms with Crippen LogP contribution in [0.4, 0.5) is 0 Å². The largest absolute Gasteiger partial charge is 0.306 e. The minimum Gasteiger partial charge on any atom is -0.306 e. The molecule has 0 aromatic heterocycles. The van der Waals surface area contributed by atoms with Gasteiger partial charge in [0.15, 0.2) is 9.84 Å². The minimum absolute atomic E-state index is 0.000648. The smallest absolute Gasteiger partial charge is 0.180 e. The third kappa shape index (κ3) is 2.00. The van der Waals surface area contributed by atoms with Gasteiger partial charge in [-0.15, -0.1) is 0 Å². The Kier molecular flexibility index (Phi) is 2.71. The molecule has 17 heavy (non-hydrogen) atoms. The maximum Gasteiger partial charge on any atom is 0.180 e. The predicted octanol–water partition coefficient (Wildman–Crippen LogP) is 2.05. The van der Waals surface area contributed by atoms with Crippen LogP contribution in [0, 0.1) is 0 Å². The summed E-state index contributed by atoms with van der Waals surface area (Å²) in [6.45, 7) is 0. The summed E-state index contributed by atoms with van der Waals surface area (Å²) in [4.78, 5) is 0.524. The molecule has 2 aliphatic rings. The number of rotatable bonds is 2. The fourth-order valence-electron chi connectivity index (χ4n) is 2.97. The van der Waals surface area contributed by atoms with E-state index in [4.69, 9.17) is 0 Å². The molecule has 1 fully saturated rings. The summed E-state index contributed by atoms with van der Waals surface area (Å²) in [7, 11) is -3.06. The van der Waals surface area contributed by atoms with Crippen LogP contribution in [0.2, 0.25) is 0 Å². The number of hydrogen-bond acceptors (Lipinski definition) is 3. The van der Waals surface area contributed by atoms with E-state index >= 15 is 0 Å². The molecule has 3 nitrogen and oxygen atoms in total. The predicted molar refractivity (Wildman–Crippen MR) is 66.6 cm³/mol. The lowest BCUT2D eigenvalue weighted by molar-refractivity contribution is 0.464. The topological polar surface area (TPSA) is 46.2 Å². The molecule has 0 radical (unpaired) electrons. The van der Waals surface area contributed by atoms with E-state index in [9.17, 15) is 8.42 Å². The summed E-state index contributed by atoms with van der Waals surface area (Å²) in [5.41, 5.74) is 0.958. The first kappa shape index (κ1) is 11.2. The highest BCUT2D eigenvalue weighted by Crippen LogP contribution is 2.34. The molecule has 1 atom stereocenters. The Bertz CT molecular complexity index is 518. The quantitative estimate of drug-likeness (QED) is 0.875. The Morgan fingerprint density at radius 2 is 1.82 bits per heavy atom. The Labute approximate surface area is 102 Å². The maximum absolute atomic E-state index is 12.0. The first-order valence-corrected chi connectivity index (χ1v) is 7.90. The van der Waals surface area contributed by atoms with Gasteiger partial charge < -0.3 is 5.32 Å². The highest BCUT2D eigenvalue weighted by atomic mass is 32.2. The van der Waals surface area contributed by atoms with Crippen LogP contribution < -0.4 is 5.32 Å².